The van der Waals surface area contributed by atoms with Crippen LogP contribution in [0.4, 0.5) is 5.69 Å². The fraction of sp³-hybridized carbons (Fsp3) is 0.263. The van der Waals surface area contributed by atoms with Crippen molar-refractivity contribution in [2.75, 3.05) is 5.32 Å². The van der Waals surface area contributed by atoms with Gasteiger partial charge in [0, 0.05) is 6.42 Å². The first kappa shape index (κ1) is 16.4. The molecule has 25 heavy (non-hydrogen) atoms. The Morgan fingerprint density at radius 3 is 2.76 bits per heavy atom. The maximum atomic E-state index is 13.1. The summed E-state index contributed by atoms with van der Waals surface area (Å²) < 4.78 is 5.59. The molecule has 2 aromatic carbocycles. The maximum absolute atomic E-state index is 13.1. The van der Waals surface area contributed by atoms with Crippen LogP contribution in [0.3, 0.4) is 0 Å². The summed E-state index contributed by atoms with van der Waals surface area (Å²) in [4.78, 5) is 25.7. The summed E-state index contributed by atoms with van der Waals surface area (Å²) in [5.41, 5.74) is 0.901. The van der Waals surface area contributed by atoms with E-state index in [0.29, 0.717) is 39.9 Å². The lowest BCUT2D eigenvalue weighted by molar-refractivity contribution is -0.145. The Balaban J connectivity index is 1.95. The number of Topliss-reactive ketones (excluding diaryl/α,β-unsaturated/α-hetero) is 1. The molecule has 0 amide bonds. The van der Waals surface area contributed by atoms with Gasteiger partial charge in [-0.25, -0.2) is 4.79 Å². The molecule has 1 aliphatic carbocycles. The molecule has 2 aromatic rings. The van der Waals surface area contributed by atoms with Gasteiger partial charge >= 0.3 is 5.97 Å². The number of esters is 1. The third-order valence-electron chi connectivity index (χ3n) is 5.00. The van der Waals surface area contributed by atoms with Gasteiger partial charge in [0.15, 0.2) is 11.3 Å². The fourth-order valence-electron chi connectivity index (χ4n) is 3.80. The van der Waals surface area contributed by atoms with Crippen molar-refractivity contribution in [2.24, 2.45) is 5.92 Å². The van der Waals surface area contributed by atoms with Gasteiger partial charge in [0.25, 0.3) is 0 Å². The molecular formula is C19H15Cl2NO3. The standard InChI is InChI=1S/C19H15Cl2NO3/c1-2-16(23)12-7-10-8-13(20)14(21)9-11(10)19(12)18(24)25-17-6-4-3-5-15(17)22-19/h3-6,8-9,12,22H,2,7H2,1H3. The average molecular weight is 376 g/mol. The number of carbonyl (C=O) groups excluding carboxylic acids is 2. The number of ketones is 1. The highest BCUT2D eigenvalue weighted by Gasteiger charge is 2.58. The summed E-state index contributed by atoms with van der Waals surface area (Å²) in [5.74, 6) is -0.611. The Morgan fingerprint density at radius 2 is 2.00 bits per heavy atom. The van der Waals surface area contributed by atoms with Gasteiger partial charge in [0.1, 0.15) is 5.78 Å². The van der Waals surface area contributed by atoms with Crippen LogP contribution < -0.4 is 10.1 Å². The molecule has 1 heterocycles. The van der Waals surface area contributed by atoms with Crippen molar-refractivity contribution < 1.29 is 14.3 Å². The molecule has 6 heteroatoms. The monoisotopic (exact) mass is 375 g/mol. The van der Waals surface area contributed by atoms with E-state index in [1.807, 2.05) is 12.1 Å². The second-order valence-corrected chi connectivity index (χ2v) is 7.13. The number of nitrogens with one attached hydrogen (secondary N) is 1. The number of rotatable bonds is 2. The number of para-hydroxylation sites is 2. The molecule has 1 aliphatic heterocycles. The van der Waals surface area contributed by atoms with Crippen molar-refractivity contribution in [2.45, 2.75) is 25.3 Å². The van der Waals surface area contributed by atoms with Gasteiger partial charge in [0.05, 0.1) is 21.7 Å². The zero-order valence-corrected chi connectivity index (χ0v) is 14.9. The minimum atomic E-state index is -1.27. The second-order valence-electron chi connectivity index (χ2n) is 6.32. The third-order valence-corrected chi connectivity index (χ3v) is 5.72. The fourth-order valence-corrected chi connectivity index (χ4v) is 4.15. The van der Waals surface area contributed by atoms with Crippen LogP contribution in [0.15, 0.2) is 36.4 Å². The summed E-state index contributed by atoms with van der Waals surface area (Å²) in [6.07, 6.45) is 0.752. The summed E-state index contributed by atoms with van der Waals surface area (Å²) in [5, 5.41) is 4.05. The summed E-state index contributed by atoms with van der Waals surface area (Å²) in [6, 6.07) is 10.6. The van der Waals surface area contributed by atoms with Gasteiger partial charge in [-0.2, -0.15) is 0 Å². The van der Waals surface area contributed by atoms with Crippen molar-refractivity contribution in [3.05, 3.63) is 57.6 Å². The lowest BCUT2D eigenvalue weighted by Gasteiger charge is -2.39. The zero-order valence-electron chi connectivity index (χ0n) is 13.4. The van der Waals surface area contributed by atoms with E-state index in [-0.39, 0.29) is 5.78 Å². The molecule has 0 radical (unpaired) electrons. The summed E-state index contributed by atoms with van der Waals surface area (Å²) >= 11 is 12.4. The summed E-state index contributed by atoms with van der Waals surface area (Å²) in [7, 11) is 0. The highest BCUT2D eigenvalue weighted by molar-refractivity contribution is 6.42. The molecule has 0 saturated carbocycles. The van der Waals surface area contributed by atoms with Crippen molar-refractivity contribution in [3.63, 3.8) is 0 Å². The Hall–Kier alpha value is -2.04. The number of fused-ring (bicyclic) bond motifs is 3. The predicted molar refractivity (Wildman–Crippen MR) is 96.3 cm³/mol. The van der Waals surface area contributed by atoms with Crippen LogP contribution in [-0.4, -0.2) is 11.8 Å². The van der Waals surface area contributed by atoms with Crippen molar-refractivity contribution >= 4 is 40.6 Å². The highest BCUT2D eigenvalue weighted by atomic mass is 35.5. The van der Waals surface area contributed by atoms with E-state index in [1.54, 1.807) is 31.2 Å². The van der Waals surface area contributed by atoms with Crippen LogP contribution in [-0.2, 0) is 21.5 Å². The van der Waals surface area contributed by atoms with E-state index in [9.17, 15) is 9.59 Å². The third kappa shape index (κ3) is 2.28. The van der Waals surface area contributed by atoms with Crippen LogP contribution in [0.1, 0.15) is 24.5 Å². The number of anilines is 1. The molecule has 1 N–H and O–H groups in total. The Labute approximate surface area is 155 Å². The largest absolute Gasteiger partial charge is 0.422 e. The number of halogens is 2. The van der Waals surface area contributed by atoms with Crippen molar-refractivity contribution in [1.82, 2.24) is 0 Å². The molecular weight excluding hydrogens is 361 g/mol. The normalized spacial score (nSPS) is 23.6. The lowest BCUT2D eigenvalue weighted by atomic mass is 9.79. The van der Waals surface area contributed by atoms with E-state index < -0.39 is 17.4 Å². The number of ether oxygens (including phenoxy) is 1. The number of benzene rings is 2. The molecule has 1 spiro atoms. The van der Waals surface area contributed by atoms with E-state index >= 15 is 0 Å². The van der Waals surface area contributed by atoms with Gasteiger partial charge < -0.3 is 10.1 Å². The molecule has 0 saturated heterocycles. The van der Waals surface area contributed by atoms with Gasteiger partial charge in [0.2, 0.25) is 0 Å². The Bertz CT molecular complexity index is 912. The van der Waals surface area contributed by atoms with Gasteiger partial charge in [-0.15, -0.1) is 0 Å². The molecule has 0 bridgehead atoms. The first-order chi connectivity index (χ1) is 12.0. The van der Waals surface area contributed by atoms with Crippen LogP contribution in [0.2, 0.25) is 10.0 Å². The van der Waals surface area contributed by atoms with Crippen LogP contribution >= 0.6 is 23.2 Å². The highest BCUT2D eigenvalue weighted by Crippen LogP contribution is 2.50. The van der Waals surface area contributed by atoms with Gasteiger partial charge in [-0.05, 0) is 41.8 Å². The minimum Gasteiger partial charge on any atom is -0.422 e. The average Bonchev–Trinajstić information content (AvgIpc) is 2.90. The van der Waals surface area contributed by atoms with Crippen molar-refractivity contribution in [3.8, 4) is 5.75 Å². The molecule has 4 rings (SSSR count). The first-order valence-electron chi connectivity index (χ1n) is 8.08. The second kappa shape index (κ2) is 5.75. The van der Waals surface area contributed by atoms with Gasteiger partial charge in [-0.3, -0.25) is 4.79 Å². The van der Waals surface area contributed by atoms with E-state index in [0.717, 1.165) is 5.56 Å². The number of carbonyl (C=O) groups is 2. The minimum absolute atomic E-state index is 0.00715. The molecule has 0 aromatic heterocycles. The van der Waals surface area contributed by atoms with Crippen LogP contribution in [0.5, 0.6) is 5.75 Å². The lowest BCUT2D eigenvalue weighted by Crippen LogP contribution is -2.54. The molecule has 128 valence electrons. The Morgan fingerprint density at radius 1 is 1.28 bits per heavy atom. The first-order valence-corrected chi connectivity index (χ1v) is 8.83. The van der Waals surface area contributed by atoms with E-state index in [1.165, 1.54) is 0 Å². The predicted octanol–water partition coefficient (Wildman–Crippen LogP) is 4.37. The molecule has 2 aliphatic rings. The smallest absolute Gasteiger partial charge is 0.342 e. The van der Waals surface area contributed by atoms with E-state index in [2.05, 4.69) is 5.32 Å². The molecule has 2 atom stereocenters. The van der Waals surface area contributed by atoms with E-state index in [4.69, 9.17) is 27.9 Å². The SMILES string of the molecule is CCC(=O)C1Cc2cc(Cl)c(Cl)cc2C12Nc1ccccc1OC2=O. The molecule has 0 fully saturated rings. The topological polar surface area (TPSA) is 55.4 Å². The maximum Gasteiger partial charge on any atom is 0.342 e. The number of hydrogen-bond acceptors (Lipinski definition) is 4. The Kier molecular flexibility index (Phi) is 3.78. The summed E-state index contributed by atoms with van der Waals surface area (Å²) in [6.45, 7) is 1.79. The molecule has 2 unspecified atom stereocenters. The zero-order chi connectivity index (χ0) is 17.8. The number of hydrogen-bond donors (Lipinski definition) is 1. The van der Waals surface area contributed by atoms with Crippen molar-refractivity contribution in [1.29, 1.82) is 0 Å². The van der Waals surface area contributed by atoms with Gasteiger partial charge in [-0.1, -0.05) is 42.3 Å². The molecule has 4 nitrogen and oxygen atoms in total. The quantitative estimate of drug-likeness (QED) is 0.625. The van der Waals surface area contributed by atoms with Crippen LogP contribution in [0, 0.1) is 5.92 Å². The van der Waals surface area contributed by atoms with Crippen LogP contribution in [0.25, 0.3) is 0 Å².